The molecule has 1 aromatic rings. The second-order valence-electron chi connectivity index (χ2n) is 3.25. The molecule has 1 aromatic carbocycles. The van der Waals surface area contributed by atoms with Crippen LogP contribution in [-0.4, -0.2) is 19.0 Å². The number of hydrogen-bond acceptors (Lipinski definition) is 4. The number of hydrogen-bond donors (Lipinski definition) is 0. The van der Waals surface area contributed by atoms with E-state index in [1.54, 1.807) is 6.92 Å². The topological polar surface area (TPSA) is 44.8 Å². The van der Waals surface area contributed by atoms with Gasteiger partial charge in [-0.2, -0.15) is 0 Å². The summed E-state index contributed by atoms with van der Waals surface area (Å²) >= 11 is 0. The van der Waals surface area contributed by atoms with Gasteiger partial charge in [0.2, 0.25) is 0 Å². The standard InChI is InChI=1S/C9H10O.C4H10O3/c1-8(10)7-9-5-3-2-4-6-9;1-3-5-7-6-4-2/h2-6H,7H2,1H3;3-4H2,1-2H3. The summed E-state index contributed by atoms with van der Waals surface area (Å²) in [5.74, 6) is 0.214. The number of carbonyl (C=O) groups excluding carboxylic acids is 1. The molecule has 17 heavy (non-hydrogen) atoms. The monoisotopic (exact) mass is 240 g/mol. The maximum atomic E-state index is 10.6. The molecule has 0 radical (unpaired) electrons. The van der Waals surface area contributed by atoms with Crippen LogP contribution in [0.5, 0.6) is 0 Å². The van der Waals surface area contributed by atoms with Crippen molar-refractivity contribution in [1.82, 2.24) is 0 Å². The molecule has 0 unspecified atom stereocenters. The average molecular weight is 240 g/mol. The average Bonchev–Trinajstić information content (AvgIpc) is 2.31. The van der Waals surface area contributed by atoms with Crippen LogP contribution >= 0.6 is 0 Å². The third-order valence-corrected chi connectivity index (χ3v) is 1.63. The van der Waals surface area contributed by atoms with Crippen molar-refractivity contribution in [3.63, 3.8) is 0 Å². The zero-order valence-electron chi connectivity index (χ0n) is 10.6. The normalized spacial score (nSPS) is 9.35. The number of Topliss-reactive ketones (excluding diaryl/α,β-unsaturated/α-hetero) is 1. The highest BCUT2D eigenvalue weighted by Gasteiger charge is 1.93. The minimum Gasteiger partial charge on any atom is -0.300 e. The largest absolute Gasteiger partial charge is 0.300 e. The predicted octanol–water partition coefficient (Wildman–Crippen LogP) is 2.72. The Morgan fingerprint density at radius 3 is 2.00 bits per heavy atom. The first-order chi connectivity index (χ1) is 8.20. The van der Waals surface area contributed by atoms with E-state index in [1.165, 1.54) is 0 Å². The van der Waals surface area contributed by atoms with E-state index in [0.717, 1.165) is 5.56 Å². The maximum absolute atomic E-state index is 10.6. The van der Waals surface area contributed by atoms with Crippen molar-refractivity contribution < 1.29 is 19.6 Å². The van der Waals surface area contributed by atoms with Gasteiger partial charge in [0, 0.05) is 6.42 Å². The Bertz CT molecular complexity index is 281. The van der Waals surface area contributed by atoms with Gasteiger partial charge in [-0.15, -0.1) is 0 Å². The van der Waals surface area contributed by atoms with E-state index in [2.05, 4.69) is 14.8 Å². The smallest absolute Gasteiger partial charge is 0.134 e. The molecule has 0 saturated heterocycles. The van der Waals surface area contributed by atoms with Gasteiger partial charge in [0.05, 0.1) is 13.2 Å². The quantitative estimate of drug-likeness (QED) is 0.435. The Morgan fingerprint density at radius 2 is 1.59 bits per heavy atom. The molecule has 0 aliphatic heterocycles. The lowest BCUT2D eigenvalue weighted by Crippen LogP contribution is -1.94. The van der Waals surface area contributed by atoms with Gasteiger partial charge < -0.3 is 0 Å². The van der Waals surface area contributed by atoms with Crippen molar-refractivity contribution in [2.24, 2.45) is 0 Å². The number of benzene rings is 1. The predicted molar refractivity (Wildman–Crippen MR) is 65.2 cm³/mol. The van der Waals surface area contributed by atoms with Gasteiger partial charge in [-0.1, -0.05) is 35.4 Å². The molecule has 0 fully saturated rings. The summed E-state index contributed by atoms with van der Waals surface area (Å²) in [6, 6.07) is 9.75. The van der Waals surface area contributed by atoms with Crippen molar-refractivity contribution in [3.8, 4) is 0 Å². The van der Waals surface area contributed by atoms with Gasteiger partial charge in [0.1, 0.15) is 5.78 Å². The van der Waals surface area contributed by atoms with E-state index in [1.807, 2.05) is 44.2 Å². The molecule has 0 bridgehead atoms. The Hall–Kier alpha value is -1.23. The van der Waals surface area contributed by atoms with E-state index < -0.39 is 0 Å². The molecule has 0 saturated carbocycles. The summed E-state index contributed by atoms with van der Waals surface area (Å²) in [4.78, 5) is 19.3. The van der Waals surface area contributed by atoms with Crippen molar-refractivity contribution in [2.45, 2.75) is 27.2 Å². The molecule has 0 amide bonds. The fourth-order valence-corrected chi connectivity index (χ4v) is 1.01. The first kappa shape index (κ1) is 15.8. The highest BCUT2D eigenvalue weighted by atomic mass is 17.5. The van der Waals surface area contributed by atoms with E-state index in [4.69, 9.17) is 0 Å². The van der Waals surface area contributed by atoms with E-state index in [0.29, 0.717) is 19.6 Å². The highest BCUT2D eigenvalue weighted by molar-refractivity contribution is 5.78. The molecular weight excluding hydrogens is 220 g/mol. The number of rotatable bonds is 6. The Kier molecular flexibility index (Phi) is 10.4. The van der Waals surface area contributed by atoms with Crippen molar-refractivity contribution in [1.29, 1.82) is 0 Å². The highest BCUT2D eigenvalue weighted by Crippen LogP contribution is 1.98. The van der Waals surface area contributed by atoms with Crippen LogP contribution < -0.4 is 0 Å². The summed E-state index contributed by atoms with van der Waals surface area (Å²) in [6.07, 6.45) is 0.556. The summed E-state index contributed by atoms with van der Waals surface area (Å²) in [5, 5.41) is 4.13. The Morgan fingerprint density at radius 1 is 1.06 bits per heavy atom. The van der Waals surface area contributed by atoms with Crippen LogP contribution in [-0.2, 0) is 26.0 Å². The maximum Gasteiger partial charge on any atom is 0.134 e. The van der Waals surface area contributed by atoms with Crippen LogP contribution in [0.4, 0.5) is 0 Å². The number of carbonyl (C=O) groups is 1. The lowest BCUT2D eigenvalue weighted by atomic mass is 10.1. The zero-order chi connectivity index (χ0) is 12.9. The van der Waals surface area contributed by atoms with E-state index >= 15 is 0 Å². The first-order valence-corrected chi connectivity index (χ1v) is 5.65. The molecule has 96 valence electrons. The van der Waals surface area contributed by atoms with Crippen LogP contribution in [0.2, 0.25) is 0 Å². The zero-order valence-corrected chi connectivity index (χ0v) is 10.6. The van der Waals surface area contributed by atoms with E-state index in [-0.39, 0.29) is 5.78 Å². The fraction of sp³-hybridized carbons (Fsp3) is 0.462. The Balaban J connectivity index is 0.000000325. The molecule has 4 nitrogen and oxygen atoms in total. The summed E-state index contributed by atoms with van der Waals surface area (Å²) in [5.41, 5.74) is 1.09. The van der Waals surface area contributed by atoms with Gasteiger partial charge in [0.25, 0.3) is 0 Å². The number of ketones is 1. The summed E-state index contributed by atoms with van der Waals surface area (Å²) < 4.78 is 0. The van der Waals surface area contributed by atoms with Crippen LogP contribution in [0.15, 0.2) is 30.3 Å². The molecule has 0 spiro atoms. The molecular formula is C13H20O4. The van der Waals surface area contributed by atoms with Gasteiger partial charge in [-0.05, 0) is 26.3 Å². The van der Waals surface area contributed by atoms with Crippen molar-refractivity contribution in [3.05, 3.63) is 35.9 Å². The second-order valence-corrected chi connectivity index (χ2v) is 3.25. The fourth-order valence-electron chi connectivity index (χ4n) is 1.01. The molecule has 0 aliphatic rings. The third kappa shape index (κ3) is 11.0. The second kappa shape index (κ2) is 11.3. The minimum atomic E-state index is 0.214. The van der Waals surface area contributed by atoms with Gasteiger partial charge in [-0.25, -0.2) is 9.78 Å². The van der Waals surface area contributed by atoms with Crippen LogP contribution in [0, 0.1) is 0 Å². The van der Waals surface area contributed by atoms with Crippen molar-refractivity contribution in [2.75, 3.05) is 13.2 Å². The third-order valence-electron chi connectivity index (χ3n) is 1.63. The van der Waals surface area contributed by atoms with Crippen LogP contribution in [0.3, 0.4) is 0 Å². The van der Waals surface area contributed by atoms with Crippen LogP contribution in [0.1, 0.15) is 26.3 Å². The molecule has 0 aromatic heterocycles. The van der Waals surface area contributed by atoms with Gasteiger partial charge in [0.15, 0.2) is 0 Å². The van der Waals surface area contributed by atoms with Gasteiger partial charge in [-0.3, -0.25) is 4.79 Å². The Labute approximate surface area is 102 Å². The summed E-state index contributed by atoms with van der Waals surface area (Å²) in [7, 11) is 0. The van der Waals surface area contributed by atoms with Gasteiger partial charge >= 0.3 is 0 Å². The lowest BCUT2D eigenvalue weighted by molar-refractivity contribution is -0.509. The molecule has 0 atom stereocenters. The van der Waals surface area contributed by atoms with Crippen LogP contribution in [0.25, 0.3) is 0 Å². The molecule has 0 aliphatic carbocycles. The molecule has 0 heterocycles. The summed E-state index contributed by atoms with van der Waals surface area (Å²) in [6.45, 7) is 6.27. The first-order valence-electron chi connectivity index (χ1n) is 5.65. The lowest BCUT2D eigenvalue weighted by Gasteiger charge is -1.94. The molecule has 4 heteroatoms. The SMILES string of the molecule is CC(=O)Cc1ccccc1.CCOOOCC. The minimum absolute atomic E-state index is 0.214. The van der Waals surface area contributed by atoms with E-state index in [9.17, 15) is 4.79 Å². The molecule has 0 N–H and O–H groups in total. The van der Waals surface area contributed by atoms with Crippen molar-refractivity contribution >= 4 is 5.78 Å². The molecule has 1 rings (SSSR count).